The summed E-state index contributed by atoms with van der Waals surface area (Å²) in [6.07, 6.45) is 2.89. The lowest BCUT2D eigenvalue weighted by molar-refractivity contribution is -0.106. The molecule has 2 aromatic rings. The van der Waals surface area contributed by atoms with Crippen LogP contribution in [0.5, 0.6) is 5.75 Å². The fraction of sp³-hybridized carbons (Fsp3) is 0.400. The number of carbonyl (C=O) groups is 2. The minimum atomic E-state index is -3.48. The fourth-order valence-corrected chi connectivity index (χ4v) is 4.19. The zero-order valence-electron chi connectivity index (χ0n) is 18.8. The summed E-state index contributed by atoms with van der Waals surface area (Å²) in [5, 5.41) is 3.05. The number of ether oxygens (including phenoxy) is 1. The van der Waals surface area contributed by atoms with E-state index in [-0.39, 0.29) is 29.1 Å². The summed E-state index contributed by atoms with van der Waals surface area (Å²) in [6, 6.07) is 1.88. The number of rotatable bonds is 7. The van der Waals surface area contributed by atoms with Crippen molar-refractivity contribution in [1.29, 1.82) is 0 Å². The summed E-state index contributed by atoms with van der Waals surface area (Å²) in [4.78, 5) is 29.6. The lowest BCUT2D eigenvalue weighted by Crippen LogP contribution is -2.46. The lowest BCUT2D eigenvalue weighted by atomic mass is 10.0. The number of halogens is 2. The van der Waals surface area contributed by atoms with Gasteiger partial charge in [-0.15, -0.1) is 0 Å². The van der Waals surface area contributed by atoms with Crippen molar-refractivity contribution in [3.63, 3.8) is 0 Å². The minimum Gasteiger partial charge on any atom is -0.496 e. The van der Waals surface area contributed by atoms with Gasteiger partial charge in [0.25, 0.3) is 10.2 Å². The van der Waals surface area contributed by atoms with Gasteiger partial charge in [-0.1, -0.05) is 0 Å². The lowest BCUT2D eigenvalue weighted by Gasteiger charge is -2.31. The molecule has 0 radical (unpaired) electrons. The third kappa shape index (κ3) is 6.21. The number of hydrogen-bond acceptors (Lipinski definition) is 9. The van der Waals surface area contributed by atoms with Crippen LogP contribution in [0.25, 0.3) is 0 Å². The van der Waals surface area contributed by atoms with Crippen LogP contribution in [0.15, 0.2) is 18.3 Å². The first kappa shape index (κ1) is 27.0. The first-order chi connectivity index (χ1) is 16.1. The summed E-state index contributed by atoms with van der Waals surface area (Å²) in [7, 11) is -0.902. The number of nitrogens with two attached hydrogens (primary N) is 1. The molecule has 4 N–H and O–H groups in total. The second kappa shape index (κ2) is 11.8. The number of aldehydes is 1. The number of aromatic nitrogens is 2. The van der Waals surface area contributed by atoms with Crippen LogP contribution < -0.4 is 20.5 Å². The minimum absolute atomic E-state index is 0.106. The normalized spacial score (nSPS) is 14.6. The summed E-state index contributed by atoms with van der Waals surface area (Å²) < 4.78 is 60.1. The molecule has 0 amide bonds. The van der Waals surface area contributed by atoms with Gasteiger partial charge in [-0.2, -0.15) is 17.7 Å². The average molecular weight is 501 g/mol. The highest BCUT2D eigenvalue weighted by atomic mass is 32.2. The van der Waals surface area contributed by atoms with E-state index in [0.29, 0.717) is 25.9 Å². The van der Waals surface area contributed by atoms with Crippen molar-refractivity contribution in [1.82, 2.24) is 19.0 Å². The second-order valence-electron chi connectivity index (χ2n) is 7.02. The van der Waals surface area contributed by atoms with Crippen LogP contribution in [0.3, 0.4) is 0 Å². The number of benzene rings is 1. The van der Waals surface area contributed by atoms with Crippen LogP contribution in [-0.2, 0) is 15.0 Å². The van der Waals surface area contributed by atoms with Crippen molar-refractivity contribution < 1.29 is 31.5 Å². The molecule has 11 nitrogen and oxygen atoms in total. The van der Waals surface area contributed by atoms with Crippen LogP contribution in [0.4, 0.5) is 20.5 Å². The SMILES string of the molecule is CC=O.CNS(=O)(=O)N1CCC(Nc2ncc(C(=O)c3c(OC)ccc(F)c3F)c(N)n2)CC1. The standard InChI is InChI=1S/C18H22F2N6O4S.C2H4O/c1-22-31(28,29)26-7-5-10(6-8-26)24-18-23-9-11(17(21)25-18)16(27)14-13(30-2)4-3-12(19)15(14)20;1-2-3/h3-4,9-10,22H,5-8H2,1-2H3,(H3,21,23,24,25);2H,1H3. The van der Waals surface area contributed by atoms with Crippen molar-refractivity contribution in [2.75, 3.05) is 38.3 Å². The molecule has 1 saturated heterocycles. The molecule has 1 aromatic heterocycles. The molecule has 34 heavy (non-hydrogen) atoms. The summed E-state index contributed by atoms with van der Waals surface area (Å²) in [5.41, 5.74) is 5.07. The van der Waals surface area contributed by atoms with E-state index >= 15 is 0 Å². The van der Waals surface area contributed by atoms with E-state index in [1.165, 1.54) is 25.4 Å². The van der Waals surface area contributed by atoms with Gasteiger partial charge in [0.05, 0.1) is 12.7 Å². The molecule has 1 aliphatic rings. The average Bonchev–Trinajstić information content (AvgIpc) is 2.81. The third-order valence-corrected chi connectivity index (χ3v) is 6.51. The van der Waals surface area contributed by atoms with Crippen LogP contribution >= 0.6 is 0 Å². The molecular formula is C20H26F2N6O5S. The van der Waals surface area contributed by atoms with E-state index in [4.69, 9.17) is 15.3 Å². The highest BCUT2D eigenvalue weighted by Gasteiger charge is 2.28. The van der Waals surface area contributed by atoms with Gasteiger partial charge in [-0.25, -0.2) is 18.5 Å². The quantitative estimate of drug-likeness (QED) is 0.374. The molecule has 1 aliphatic heterocycles. The third-order valence-electron chi connectivity index (χ3n) is 4.95. The molecular weight excluding hydrogens is 474 g/mol. The predicted molar refractivity (Wildman–Crippen MR) is 121 cm³/mol. The summed E-state index contributed by atoms with van der Waals surface area (Å²) in [5.74, 6) is -3.70. The van der Waals surface area contributed by atoms with Crippen LogP contribution in [0, 0.1) is 11.6 Å². The van der Waals surface area contributed by atoms with E-state index in [0.717, 1.165) is 24.6 Å². The number of nitrogens with zero attached hydrogens (tertiary/aromatic N) is 3. The number of ketones is 1. The van der Waals surface area contributed by atoms with E-state index in [1.807, 2.05) is 0 Å². The molecule has 0 aliphatic carbocycles. The topological polar surface area (TPSA) is 157 Å². The van der Waals surface area contributed by atoms with Crippen molar-refractivity contribution in [3.8, 4) is 5.75 Å². The molecule has 2 heterocycles. The van der Waals surface area contributed by atoms with Crippen molar-refractivity contribution in [2.45, 2.75) is 25.8 Å². The van der Waals surface area contributed by atoms with Gasteiger partial charge < -0.3 is 20.6 Å². The summed E-state index contributed by atoms with van der Waals surface area (Å²) >= 11 is 0. The molecule has 0 atom stereocenters. The Labute approximate surface area is 195 Å². The number of carbonyl (C=O) groups excluding carboxylic acids is 2. The monoisotopic (exact) mass is 500 g/mol. The van der Waals surface area contributed by atoms with Gasteiger partial charge in [0.1, 0.15) is 23.4 Å². The molecule has 0 unspecified atom stereocenters. The summed E-state index contributed by atoms with van der Waals surface area (Å²) in [6.45, 7) is 2.07. The number of nitrogen functional groups attached to an aromatic ring is 1. The maximum atomic E-state index is 14.2. The Balaban J connectivity index is 0.00000129. The zero-order valence-corrected chi connectivity index (χ0v) is 19.7. The smallest absolute Gasteiger partial charge is 0.279 e. The van der Waals surface area contributed by atoms with E-state index in [9.17, 15) is 22.0 Å². The van der Waals surface area contributed by atoms with Gasteiger partial charge in [0.2, 0.25) is 11.7 Å². The number of nitrogens with one attached hydrogen (secondary N) is 2. The Hall–Kier alpha value is -3.23. The first-order valence-corrected chi connectivity index (χ1v) is 11.6. The van der Waals surface area contributed by atoms with E-state index < -0.39 is 33.2 Å². The number of methoxy groups -OCH3 is 1. The Morgan fingerprint density at radius 2 is 1.91 bits per heavy atom. The number of piperidine rings is 1. The maximum absolute atomic E-state index is 14.2. The molecule has 186 valence electrons. The molecule has 0 saturated carbocycles. The Morgan fingerprint density at radius 3 is 2.44 bits per heavy atom. The van der Waals surface area contributed by atoms with Crippen LogP contribution in [0.1, 0.15) is 35.7 Å². The molecule has 0 spiro atoms. The fourth-order valence-electron chi connectivity index (χ4n) is 3.24. The number of anilines is 2. The highest BCUT2D eigenvalue weighted by Crippen LogP contribution is 2.28. The Kier molecular flexibility index (Phi) is 9.35. The predicted octanol–water partition coefficient (Wildman–Crippen LogP) is 1.12. The Morgan fingerprint density at radius 1 is 1.29 bits per heavy atom. The molecule has 1 fully saturated rings. The van der Waals surface area contributed by atoms with E-state index in [1.54, 1.807) is 0 Å². The van der Waals surface area contributed by atoms with Crippen LogP contribution in [-0.4, -0.2) is 68.0 Å². The largest absolute Gasteiger partial charge is 0.496 e. The molecule has 3 rings (SSSR count). The van der Waals surface area contributed by atoms with Gasteiger partial charge >= 0.3 is 0 Å². The first-order valence-electron chi connectivity index (χ1n) is 10.1. The zero-order chi connectivity index (χ0) is 25.5. The molecule has 1 aromatic carbocycles. The van der Waals surface area contributed by atoms with Gasteiger partial charge in [-0.05, 0) is 31.9 Å². The molecule has 14 heteroatoms. The Bertz CT molecular complexity index is 1140. The number of hydrogen-bond donors (Lipinski definition) is 3. The second-order valence-corrected chi connectivity index (χ2v) is 8.90. The van der Waals surface area contributed by atoms with Gasteiger partial charge in [-0.3, -0.25) is 4.79 Å². The van der Waals surface area contributed by atoms with Crippen molar-refractivity contribution >= 4 is 34.0 Å². The van der Waals surface area contributed by atoms with Crippen molar-refractivity contribution in [2.24, 2.45) is 0 Å². The van der Waals surface area contributed by atoms with Gasteiger partial charge in [0.15, 0.2) is 11.6 Å². The highest BCUT2D eigenvalue weighted by molar-refractivity contribution is 7.87. The van der Waals surface area contributed by atoms with Crippen LogP contribution in [0.2, 0.25) is 0 Å². The molecule has 0 bridgehead atoms. The van der Waals surface area contributed by atoms with E-state index in [2.05, 4.69) is 20.0 Å². The maximum Gasteiger partial charge on any atom is 0.279 e. The van der Waals surface area contributed by atoms with Crippen molar-refractivity contribution in [3.05, 3.63) is 41.1 Å². The van der Waals surface area contributed by atoms with Gasteiger partial charge in [0, 0.05) is 32.4 Å².